The van der Waals surface area contributed by atoms with Gasteiger partial charge in [0.1, 0.15) is 0 Å². The van der Waals surface area contributed by atoms with E-state index in [1.807, 2.05) is 0 Å². The zero-order valence-electron chi connectivity index (χ0n) is 11.4. The van der Waals surface area contributed by atoms with Gasteiger partial charge in [-0.05, 0) is 26.7 Å². The molecule has 16 heavy (non-hydrogen) atoms. The lowest BCUT2D eigenvalue weighted by molar-refractivity contribution is 0.0456. The van der Waals surface area contributed by atoms with Crippen molar-refractivity contribution in [1.29, 1.82) is 0 Å². The van der Waals surface area contributed by atoms with Crippen LogP contribution in [-0.4, -0.2) is 49.3 Å². The van der Waals surface area contributed by atoms with Crippen LogP contribution in [-0.2, 0) is 4.74 Å². The molecule has 0 bridgehead atoms. The van der Waals surface area contributed by atoms with Crippen molar-refractivity contribution in [3.63, 3.8) is 0 Å². The maximum absolute atomic E-state index is 5.47. The van der Waals surface area contributed by atoms with Crippen molar-refractivity contribution in [3.05, 3.63) is 0 Å². The molecule has 0 amide bonds. The quantitative estimate of drug-likeness (QED) is 0.703. The molecule has 0 radical (unpaired) electrons. The topological polar surface area (TPSA) is 24.5 Å². The van der Waals surface area contributed by atoms with Gasteiger partial charge in [-0.1, -0.05) is 13.8 Å². The first-order chi connectivity index (χ1) is 7.65. The van der Waals surface area contributed by atoms with E-state index in [-0.39, 0.29) is 5.54 Å². The number of nitrogens with one attached hydrogen (secondary N) is 1. The molecule has 3 nitrogen and oxygen atoms in total. The lowest BCUT2D eigenvalue weighted by atomic mass is 9.93. The van der Waals surface area contributed by atoms with E-state index >= 15 is 0 Å². The van der Waals surface area contributed by atoms with E-state index < -0.39 is 0 Å². The van der Waals surface area contributed by atoms with Crippen molar-refractivity contribution in [2.24, 2.45) is 0 Å². The standard InChI is InChI=1S/C13H28N2O/c1-5-12-10-14-13(4,6-2)11-15(12)8-9-16-7-3/h12,14H,5-11H2,1-4H3. The Morgan fingerprint density at radius 2 is 2.12 bits per heavy atom. The third-order valence-electron chi connectivity index (χ3n) is 3.81. The molecule has 96 valence electrons. The second kappa shape index (κ2) is 6.58. The molecule has 1 N–H and O–H groups in total. The fraction of sp³-hybridized carbons (Fsp3) is 1.00. The number of piperazine rings is 1. The van der Waals surface area contributed by atoms with Gasteiger partial charge in [-0.2, -0.15) is 0 Å². The first-order valence-corrected chi connectivity index (χ1v) is 6.72. The van der Waals surface area contributed by atoms with Gasteiger partial charge in [0, 0.05) is 37.8 Å². The first kappa shape index (κ1) is 13.9. The fourth-order valence-corrected chi connectivity index (χ4v) is 2.35. The van der Waals surface area contributed by atoms with Gasteiger partial charge in [0.25, 0.3) is 0 Å². The highest BCUT2D eigenvalue weighted by Crippen LogP contribution is 2.19. The summed E-state index contributed by atoms with van der Waals surface area (Å²) in [7, 11) is 0. The third kappa shape index (κ3) is 3.72. The summed E-state index contributed by atoms with van der Waals surface area (Å²) in [6.07, 6.45) is 2.41. The van der Waals surface area contributed by atoms with Crippen LogP contribution in [0.1, 0.15) is 40.5 Å². The SMILES string of the molecule is CCOCCN1CC(C)(CC)NCC1CC. The monoisotopic (exact) mass is 228 g/mol. The molecule has 0 aromatic rings. The molecule has 2 unspecified atom stereocenters. The molecule has 1 heterocycles. The predicted octanol–water partition coefficient (Wildman–Crippen LogP) is 1.88. The van der Waals surface area contributed by atoms with Crippen LogP contribution < -0.4 is 5.32 Å². The Labute approximate surface area is 101 Å². The zero-order chi connectivity index (χ0) is 12.0. The molecule has 1 aliphatic heterocycles. The molecule has 1 fully saturated rings. The normalized spacial score (nSPS) is 31.9. The molecule has 3 heteroatoms. The van der Waals surface area contributed by atoms with E-state index in [2.05, 4.69) is 37.9 Å². The van der Waals surface area contributed by atoms with Gasteiger partial charge in [-0.25, -0.2) is 0 Å². The van der Waals surface area contributed by atoms with Gasteiger partial charge in [0.05, 0.1) is 6.61 Å². The summed E-state index contributed by atoms with van der Waals surface area (Å²) >= 11 is 0. The average molecular weight is 228 g/mol. The lowest BCUT2D eigenvalue weighted by Gasteiger charge is -2.46. The van der Waals surface area contributed by atoms with E-state index in [4.69, 9.17) is 4.74 Å². The highest BCUT2D eigenvalue weighted by molar-refractivity contribution is 4.93. The summed E-state index contributed by atoms with van der Waals surface area (Å²) < 4.78 is 5.47. The number of hydrogen-bond acceptors (Lipinski definition) is 3. The second-order valence-corrected chi connectivity index (χ2v) is 5.02. The molecule has 2 atom stereocenters. The van der Waals surface area contributed by atoms with Crippen LogP contribution in [0.15, 0.2) is 0 Å². The van der Waals surface area contributed by atoms with Crippen LogP contribution in [0.5, 0.6) is 0 Å². The van der Waals surface area contributed by atoms with Crippen molar-refractivity contribution in [2.75, 3.05) is 32.8 Å². The summed E-state index contributed by atoms with van der Waals surface area (Å²) in [5, 5.41) is 3.68. The molecule has 1 saturated heterocycles. The van der Waals surface area contributed by atoms with Gasteiger partial charge in [0.15, 0.2) is 0 Å². The number of hydrogen-bond donors (Lipinski definition) is 1. The third-order valence-corrected chi connectivity index (χ3v) is 3.81. The van der Waals surface area contributed by atoms with Crippen LogP contribution in [0.4, 0.5) is 0 Å². The van der Waals surface area contributed by atoms with Crippen molar-refractivity contribution in [1.82, 2.24) is 10.2 Å². The lowest BCUT2D eigenvalue weighted by Crippen LogP contribution is -2.62. The first-order valence-electron chi connectivity index (χ1n) is 6.72. The summed E-state index contributed by atoms with van der Waals surface area (Å²) in [5.74, 6) is 0. The summed E-state index contributed by atoms with van der Waals surface area (Å²) in [6, 6.07) is 0.681. The smallest absolute Gasteiger partial charge is 0.0593 e. The van der Waals surface area contributed by atoms with E-state index in [0.717, 1.165) is 32.8 Å². The van der Waals surface area contributed by atoms with Gasteiger partial charge < -0.3 is 10.1 Å². The molecule has 0 aromatic heterocycles. The van der Waals surface area contributed by atoms with Crippen molar-refractivity contribution in [3.8, 4) is 0 Å². The highest BCUT2D eigenvalue weighted by Gasteiger charge is 2.33. The summed E-state index contributed by atoms with van der Waals surface area (Å²) in [6.45, 7) is 14.0. The fourth-order valence-electron chi connectivity index (χ4n) is 2.35. The molecular formula is C13H28N2O. The van der Waals surface area contributed by atoms with E-state index in [1.54, 1.807) is 0 Å². The van der Waals surface area contributed by atoms with Crippen molar-refractivity contribution < 1.29 is 4.74 Å². The number of rotatable bonds is 6. The highest BCUT2D eigenvalue weighted by atomic mass is 16.5. The van der Waals surface area contributed by atoms with E-state index in [9.17, 15) is 0 Å². The molecule has 0 aliphatic carbocycles. The van der Waals surface area contributed by atoms with Gasteiger partial charge >= 0.3 is 0 Å². The largest absolute Gasteiger partial charge is 0.380 e. The predicted molar refractivity (Wildman–Crippen MR) is 68.8 cm³/mol. The zero-order valence-corrected chi connectivity index (χ0v) is 11.4. The minimum atomic E-state index is 0.290. The maximum atomic E-state index is 5.47. The van der Waals surface area contributed by atoms with Crippen LogP contribution in [0.3, 0.4) is 0 Å². The maximum Gasteiger partial charge on any atom is 0.0593 e. The Hall–Kier alpha value is -0.120. The average Bonchev–Trinajstić information content (AvgIpc) is 2.30. The van der Waals surface area contributed by atoms with Crippen LogP contribution >= 0.6 is 0 Å². The summed E-state index contributed by atoms with van der Waals surface area (Å²) in [4.78, 5) is 2.59. The van der Waals surface area contributed by atoms with Crippen LogP contribution in [0.2, 0.25) is 0 Å². The molecule has 0 saturated carbocycles. The Balaban J connectivity index is 2.47. The Bertz CT molecular complexity index is 198. The molecule has 1 aliphatic rings. The summed E-state index contributed by atoms with van der Waals surface area (Å²) in [5.41, 5.74) is 0.290. The Morgan fingerprint density at radius 3 is 2.69 bits per heavy atom. The Morgan fingerprint density at radius 1 is 1.38 bits per heavy atom. The van der Waals surface area contributed by atoms with Crippen LogP contribution in [0, 0.1) is 0 Å². The number of ether oxygens (including phenoxy) is 1. The van der Waals surface area contributed by atoms with Crippen molar-refractivity contribution >= 4 is 0 Å². The second-order valence-electron chi connectivity index (χ2n) is 5.02. The minimum Gasteiger partial charge on any atom is -0.380 e. The van der Waals surface area contributed by atoms with Gasteiger partial charge in [0.2, 0.25) is 0 Å². The van der Waals surface area contributed by atoms with E-state index in [1.165, 1.54) is 12.8 Å². The Kier molecular flexibility index (Phi) is 5.73. The molecule has 0 spiro atoms. The van der Waals surface area contributed by atoms with Gasteiger partial charge in [-0.15, -0.1) is 0 Å². The molecule has 0 aromatic carbocycles. The van der Waals surface area contributed by atoms with E-state index in [0.29, 0.717) is 6.04 Å². The number of nitrogens with zero attached hydrogens (tertiary/aromatic N) is 1. The minimum absolute atomic E-state index is 0.290. The van der Waals surface area contributed by atoms with Crippen LogP contribution in [0.25, 0.3) is 0 Å². The van der Waals surface area contributed by atoms with Gasteiger partial charge in [-0.3, -0.25) is 4.90 Å². The molecular weight excluding hydrogens is 200 g/mol. The van der Waals surface area contributed by atoms with Crippen molar-refractivity contribution in [2.45, 2.75) is 52.1 Å². The molecule has 1 rings (SSSR count).